The lowest BCUT2D eigenvalue weighted by Crippen LogP contribution is -2.22. The van der Waals surface area contributed by atoms with Crippen LogP contribution in [-0.4, -0.2) is 11.5 Å². The van der Waals surface area contributed by atoms with Crippen molar-refractivity contribution in [3.05, 3.63) is 16.1 Å². The van der Waals surface area contributed by atoms with E-state index < -0.39 is 0 Å². The molecule has 1 heterocycles. The molecule has 0 aromatic carbocycles. The van der Waals surface area contributed by atoms with Crippen molar-refractivity contribution < 1.29 is 0 Å². The number of nitrogens with one attached hydrogen (secondary N) is 1. The molecule has 0 atom stereocenters. The third kappa shape index (κ3) is 2.79. The zero-order chi connectivity index (χ0) is 10.7. The van der Waals surface area contributed by atoms with Crippen LogP contribution in [0.4, 0.5) is 0 Å². The minimum Gasteiger partial charge on any atom is -0.311 e. The minimum atomic E-state index is 0.651. The molecule has 1 aliphatic carbocycles. The van der Waals surface area contributed by atoms with Crippen LogP contribution in [-0.2, 0) is 13.0 Å². The number of hydrogen-bond acceptors (Lipinski definition) is 3. The Bertz CT molecular complexity index is 315. The third-order valence-electron chi connectivity index (χ3n) is 3.41. The lowest BCUT2D eigenvalue weighted by atomic mass is 10.0. The Kier molecular flexibility index (Phi) is 3.42. The van der Waals surface area contributed by atoms with Crippen molar-refractivity contribution in [3.63, 3.8) is 0 Å². The molecule has 2 nitrogen and oxygen atoms in total. The average Bonchev–Trinajstić information content (AvgIpc) is 2.89. The fourth-order valence-corrected chi connectivity index (χ4v) is 2.71. The van der Waals surface area contributed by atoms with E-state index in [1.807, 2.05) is 17.5 Å². The Labute approximate surface area is 96.1 Å². The van der Waals surface area contributed by atoms with Gasteiger partial charge in [-0.1, -0.05) is 13.8 Å². The van der Waals surface area contributed by atoms with Crippen LogP contribution in [0.15, 0.2) is 6.20 Å². The molecule has 15 heavy (non-hydrogen) atoms. The third-order valence-corrected chi connectivity index (χ3v) is 4.55. The van der Waals surface area contributed by atoms with E-state index in [1.165, 1.54) is 35.7 Å². The fourth-order valence-electron chi connectivity index (χ4n) is 1.88. The van der Waals surface area contributed by atoms with Crippen LogP contribution in [0.1, 0.15) is 43.0 Å². The Balaban J connectivity index is 1.73. The highest BCUT2D eigenvalue weighted by Crippen LogP contribution is 2.47. The van der Waals surface area contributed by atoms with E-state index in [0.717, 1.165) is 13.0 Å². The smallest absolute Gasteiger partial charge is 0.0925 e. The topological polar surface area (TPSA) is 24.9 Å². The molecule has 84 valence electrons. The maximum absolute atomic E-state index is 4.36. The maximum Gasteiger partial charge on any atom is 0.0925 e. The Hall–Kier alpha value is -0.410. The number of nitrogens with zero attached hydrogens (tertiary/aromatic N) is 1. The SMILES string of the molecule is CCc1ncc(CNCC2(CC)CC2)s1. The van der Waals surface area contributed by atoms with Crippen molar-refractivity contribution in [1.29, 1.82) is 0 Å². The quantitative estimate of drug-likeness (QED) is 0.803. The van der Waals surface area contributed by atoms with E-state index in [2.05, 4.69) is 24.1 Å². The first kappa shape index (κ1) is 11.1. The summed E-state index contributed by atoms with van der Waals surface area (Å²) in [6.07, 6.45) is 7.23. The van der Waals surface area contributed by atoms with Crippen molar-refractivity contribution in [2.45, 2.75) is 46.1 Å². The van der Waals surface area contributed by atoms with E-state index >= 15 is 0 Å². The molecule has 1 fully saturated rings. The molecule has 0 unspecified atom stereocenters. The number of rotatable bonds is 6. The van der Waals surface area contributed by atoms with E-state index in [-0.39, 0.29) is 0 Å². The molecular weight excluding hydrogens is 204 g/mol. The molecular formula is C12H20N2S. The molecule has 1 N–H and O–H groups in total. The highest BCUT2D eigenvalue weighted by Gasteiger charge is 2.39. The van der Waals surface area contributed by atoms with Crippen LogP contribution >= 0.6 is 11.3 Å². The lowest BCUT2D eigenvalue weighted by molar-refractivity contribution is 0.444. The van der Waals surface area contributed by atoms with Crippen molar-refractivity contribution in [1.82, 2.24) is 10.3 Å². The molecule has 1 aromatic rings. The van der Waals surface area contributed by atoms with Gasteiger partial charge < -0.3 is 5.32 Å². The van der Waals surface area contributed by atoms with Crippen LogP contribution in [0.3, 0.4) is 0 Å². The van der Waals surface area contributed by atoms with Gasteiger partial charge in [0.1, 0.15) is 0 Å². The van der Waals surface area contributed by atoms with Gasteiger partial charge in [-0.05, 0) is 31.1 Å². The van der Waals surface area contributed by atoms with Crippen LogP contribution in [0.2, 0.25) is 0 Å². The van der Waals surface area contributed by atoms with Gasteiger partial charge in [0.2, 0.25) is 0 Å². The largest absolute Gasteiger partial charge is 0.311 e. The molecule has 0 amide bonds. The van der Waals surface area contributed by atoms with Gasteiger partial charge in [0, 0.05) is 24.2 Å². The molecule has 1 saturated carbocycles. The maximum atomic E-state index is 4.36. The average molecular weight is 224 g/mol. The van der Waals surface area contributed by atoms with Crippen molar-refractivity contribution in [2.75, 3.05) is 6.54 Å². The first-order valence-corrected chi connectivity index (χ1v) is 6.74. The summed E-state index contributed by atoms with van der Waals surface area (Å²) >= 11 is 1.84. The summed E-state index contributed by atoms with van der Waals surface area (Å²) in [5.74, 6) is 0. The van der Waals surface area contributed by atoms with Crippen molar-refractivity contribution in [2.24, 2.45) is 5.41 Å². The summed E-state index contributed by atoms with van der Waals surface area (Å²) in [6.45, 7) is 6.64. The van der Waals surface area contributed by atoms with E-state index in [1.54, 1.807) is 0 Å². The molecule has 0 saturated heterocycles. The monoisotopic (exact) mass is 224 g/mol. The molecule has 1 aromatic heterocycles. The Morgan fingerprint density at radius 2 is 2.27 bits per heavy atom. The van der Waals surface area contributed by atoms with Crippen molar-refractivity contribution >= 4 is 11.3 Å². The van der Waals surface area contributed by atoms with Gasteiger partial charge in [0.05, 0.1) is 5.01 Å². The van der Waals surface area contributed by atoms with E-state index in [9.17, 15) is 0 Å². The van der Waals surface area contributed by atoms with Crippen LogP contribution in [0.5, 0.6) is 0 Å². The summed E-state index contributed by atoms with van der Waals surface area (Å²) < 4.78 is 0. The number of aromatic nitrogens is 1. The second kappa shape index (κ2) is 4.62. The van der Waals surface area contributed by atoms with Gasteiger partial charge >= 0.3 is 0 Å². The zero-order valence-corrected chi connectivity index (χ0v) is 10.5. The standard InChI is InChI=1S/C12H20N2S/c1-3-11-14-8-10(15-11)7-13-9-12(4-2)5-6-12/h8,13H,3-7,9H2,1-2H3. The Morgan fingerprint density at radius 3 is 2.80 bits per heavy atom. The van der Waals surface area contributed by atoms with Gasteiger partial charge in [-0.3, -0.25) is 0 Å². The zero-order valence-electron chi connectivity index (χ0n) is 9.68. The van der Waals surface area contributed by atoms with E-state index in [0.29, 0.717) is 5.41 Å². The molecule has 2 rings (SSSR count). The second-order valence-corrected chi connectivity index (χ2v) is 5.73. The van der Waals surface area contributed by atoms with Crippen molar-refractivity contribution in [3.8, 4) is 0 Å². The fraction of sp³-hybridized carbons (Fsp3) is 0.750. The van der Waals surface area contributed by atoms with Crippen LogP contribution in [0, 0.1) is 5.41 Å². The Morgan fingerprint density at radius 1 is 1.47 bits per heavy atom. The normalized spacial score (nSPS) is 18.0. The molecule has 1 aliphatic rings. The first-order chi connectivity index (χ1) is 7.28. The predicted octanol–water partition coefficient (Wildman–Crippen LogP) is 2.99. The van der Waals surface area contributed by atoms with Gasteiger partial charge in [0.15, 0.2) is 0 Å². The number of aryl methyl sites for hydroxylation is 1. The van der Waals surface area contributed by atoms with Gasteiger partial charge in [-0.2, -0.15) is 0 Å². The van der Waals surface area contributed by atoms with Gasteiger partial charge in [-0.15, -0.1) is 11.3 Å². The molecule has 0 aliphatic heterocycles. The molecule has 3 heteroatoms. The van der Waals surface area contributed by atoms with Gasteiger partial charge in [0.25, 0.3) is 0 Å². The summed E-state index contributed by atoms with van der Waals surface area (Å²) in [6, 6.07) is 0. The highest BCUT2D eigenvalue weighted by molar-refractivity contribution is 7.11. The van der Waals surface area contributed by atoms with Crippen LogP contribution < -0.4 is 5.32 Å². The predicted molar refractivity (Wildman–Crippen MR) is 65.2 cm³/mol. The highest BCUT2D eigenvalue weighted by atomic mass is 32.1. The second-order valence-electron chi connectivity index (χ2n) is 4.53. The minimum absolute atomic E-state index is 0.651. The molecule has 0 spiro atoms. The summed E-state index contributed by atoms with van der Waals surface area (Å²) in [5, 5.41) is 4.82. The molecule has 0 radical (unpaired) electrons. The van der Waals surface area contributed by atoms with Gasteiger partial charge in [-0.25, -0.2) is 4.98 Å². The molecule has 0 bridgehead atoms. The number of hydrogen-bond donors (Lipinski definition) is 1. The lowest BCUT2D eigenvalue weighted by Gasteiger charge is -2.12. The van der Waals surface area contributed by atoms with Crippen LogP contribution in [0.25, 0.3) is 0 Å². The first-order valence-electron chi connectivity index (χ1n) is 5.92. The summed E-state index contributed by atoms with van der Waals surface area (Å²) in [5.41, 5.74) is 0.651. The summed E-state index contributed by atoms with van der Waals surface area (Å²) in [4.78, 5) is 5.74. The number of thiazole rings is 1. The summed E-state index contributed by atoms with van der Waals surface area (Å²) in [7, 11) is 0. The van der Waals surface area contributed by atoms with E-state index in [4.69, 9.17) is 0 Å².